The monoisotopic (exact) mass is 326 g/mol. The Bertz CT molecular complexity index is 728. The molecule has 1 atom stereocenters. The molecule has 1 fully saturated rings. The quantitative estimate of drug-likeness (QED) is 0.921. The Balaban J connectivity index is 0.00000161. The summed E-state index contributed by atoms with van der Waals surface area (Å²) in [5, 5.41) is 5.01. The van der Waals surface area contributed by atoms with E-state index < -0.39 is 10.0 Å². The fourth-order valence-corrected chi connectivity index (χ4v) is 4.42. The predicted molar refractivity (Wildman–Crippen MR) is 87.4 cm³/mol. The third-order valence-corrected chi connectivity index (χ3v) is 5.62. The molecule has 0 bridgehead atoms. The van der Waals surface area contributed by atoms with Gasteiger partial charge in [-0.1, -0.05) is 36.4 Å². The van der Waals surface area contributed by atoms with Gasteiger partial charge in [-0.05, 0) is 18.4 Å². The first-order valence-electron chi connectivity index (χ1n) is 6.80. The number of rotatable bonds is 2. The van der Waals surface area contributed by atoms with Gasteiger partial charge in [-0.25, -0.2) is 8.42 Å². The number of hydrogen-bond donors (Lipinski definition) is 1. The van der Waals surface area contributed by atoms with Crippen molar-refractivity contribution in [3.63, 3.8) is 0 Å². The molecule has 114 valence electrons. The Morgan fingerprint density at radius 3 is 2.62 bits per heavy atom. The van der Waals surface area contributed by atoms with Gasteiger partial charge in [0.05, 0.1) is 4.90 Å². The maximum Gasteiger partial charge on any atom is 0.243 e. The highest BCUT2D eigenvalue weighted by atomic mass is 35.5. The molecule has 4 nitrogen and oxygen atoms in total. The second-order valence-corrected chi connectivity index (χ2v) is 7.10. The summed E-state index contributed by atoms with van der Waals surface area (Å²) in [7, 11) is -3.43. The molecule has 3 rings (SSSR count). The SMILES string of the molecule is C[C@@H]1CN(S(=O)(=O)c2cccc3ccccc23)CCN1.Cl. The first-order valence-corrected chi connectivity index (χ1v) is 8.24. The van der Waals surface area contributed by atoms with Crippen LogP contribution in [0.5, 0.6) is 0 Å². The largest absolute Gasteiger partial charge is 0.312 e. The van der Waals surface area contributed by atoms with Crippen molar-refractivity contribution >= 4 is 33.2 Å². The van der Waals surface area contributed by atoms with Crippen LogP contribution < -0.4 is 5.32 Å². The van der Waals surface area contributed by atoms with Gasteiger partial charge < -0.3 is 5.32 Å². The molecule has 0 saturated carbocycles. The lowest BCUT2D eigenvalue weighted by Gasteiger charge is -2.31. The fourth-order valence-electron chi connectivity index (χ4n) is 2.67. The van der Waals surface area contributed by atoms with Crippen LogP contribution in [0.25, 0.3) is 10.8 Å². The van der Waals surface area contributed by atoms with E-state index in [-0.39, 0.29) is 18.4 Å². The van der Waals surface area contributed by atoms with Gasteiger partial charge in [0.25, 0.3) is 0 Å². The van der Waals surface area contributed by atoms with Gasteiger partial charge >= 0.3 is 0 Å². The molecule has 1 N–H and O–H groups in total. The first kappa shape index (κ1) is 16.2. The summed E-state index contributed by atoms with van der Waals surface area (Å²) < 4.78 is 27.3. The number of benzene rings is 2. The van der Waals surface area contributed by atoms with Gasteiger partial charge in [0.1, 0.15) is 0 Å². The van der Waals surface area contributed by atoms with Crippen LogP contribution in [0.4, 0.5) is 0 Å². The predicted octanol–water partition coefficient (Wildman–Crippen LogP) is 2.24. The normalized spacial score (nSPS) is 20.1. The molecular weight excluding hydrogens is 308 g/mol. The van der Waals surface area contributed by atoms with Gasteiger partial charge in [-0.15, -0.1) is 12.4 Å². The lowest BCUT2D eigenvalue weighted by molar-refractivity contribution is 0.310. The van der Waals surface area contributed by atoms with Crippen LogP contribution in [0.1, 0.15) is 6.92 Å². The van der Waals surface area contributed by atoms with Crippen LogP contribution in [0, 0.1) is 0 Å². The molecule has 21 heavy (non-hydrogen) atoms. The molecule has 1 saturated heterocycles. The number of hydrogen-bond acceptors (Lipinski definition) is 3. The van der Waals surface area contributed by atoms with Crippen LogP contribution in [0.3, 0.4) is 0 Å². The van der Waals surface area contributed by atoms with Crippen LogP contribution in [0.15, 0.2) is 47.4 Å². The highest BCUT2D eigenvalue weighted by molar-refractivity contribution is 7.89. The summed E-state index contributed by atoms with van der Waals surface area (Å²) in [6.45, 7) is 3.75. The Morgan fingerprint density at radius 1 is 1.14 bits per heavy atom. The van der Waals surface area contributed by atoms with Gasteiger partial charge in [0.2, 0.25) is 10.0 Å². The molecule has 1 aliphatic rings. The summed E-state index contributed by atoms with van der Waals surface area (Å²) in [6, 6.07) is 13.2. The summed E-state index contributed by atoms with van der Waals surface area (Å²) in [5.41, 5.74) is 0. The van der Waals surface area contributed by atoms with E-state index in [0.29, 0.717) is 24.5 Å². The van der Waals surface area contributed by atoms with Crippen LogP contribution in [-0.2, 0) is 10.0 Å². The molecule has 0 spiro atoms. The van der Waals surface area contributed by atoms with E-state index in [1.165, 1.54) is 0 Å². The lowest BCUT2D eigenvalue weighted by atomic mass is 10.1. The number of piperazine rings is 1. The molecule has 2 aromatic carbocycles. The summed E-state index contributed by atoms with van der Waals surface area (Å²) in [5.74, 6) is 0. The average Bonchev–Trinajstić information content (AvgIpc) is 2.46. The van der Waals surface area contributed by atoms with E-state index >= 15 is 0 Å². The third-order valence-electron chi connectivity index (χ3n) is 3.70. The Morgan fingerprint density at radius 2 is 1.86 bits per heavy atom. The zero-order valence-electron chi connectivity index (χ0n) is 11.8. The Labute approximate surface area is 131 Å². The standard InChI is InChI=1S/C15H18N2O2S.ClH/c1-12-11-17(10-9-16-12)20(18,19)15-8-4-6-13-5-2-3-7-14(13)15;/h2-8,12,16H,9-11H2,1H3;1H/t12-;/m1./s1. The van der Waals surface area contributed by atoms with Gasteiger partial charge in [-0.2, -0.15) is 4.31 Å². The first-order chi connectivity index (χ1) is 9.59. The second-order valence-electron chi connectivity index (χ2n) is 5.20. The maximum absolute atomic E-state index is 12.8. The van der Waals surface area contributed by atoms with E-state index in [4.69, 9.17) is 0 Å². The molecule has 0 amide bonds. The van der Waals surface area contributed by atoms with E-state index in [9.17, 15) is 8.42 Å². The highest BCUT2D eigenvalue weighted by Gasteiger charge is 2.29. The summed E-state index contributed by atoms with van der Waals surface area (Å²) in [4.78, 5) is 0.407. The van der Waals surface area contributed by atoms with Gasteiger partial charge in [-0.3, -0.25) is 0 Å². The number of sulfonamides is 1. The van der Waals surface area contributed by atoms with Crippen LogP contribution in [0.2, 0.25) is 0 Å². The van der Waals surface area contributed by atoms with Crippen molar-refractivity contribution in [3.8, 4) is 0 Å². The molecule has 0 aliphatic carbocycles. The topological polar surface area (TPSA) is 49.4 Å². The molecule has 2 aromatic rings. The van der Waals surface area contributed by atoms with Gasteiger partial charge in [0.15, 0.2) is 0 Å². The zero-order valence-corrected chi connectivity index (χ0v) is 13.5. The van der Waals surface area contributed by atoms with Crippen molar-refractivity contribution in [2.24, 2.45) is 0 Å². The van der Waals surface area contributed by atoms with Crippen molar-refractivity contribution in [3.05, 3.63) is 42.5 Å². The average molecular weight is 327 g/mol. The fraction of sp³-hybridized carbons (Fsp3) is 0.333. The number of fused-ring (bicyclic) bond motifs is 1. The Hall–Kier alpha value is -1.14. The van der Waals surface area contributed by atoms with Crippen molar-refractivity contribution < 1.29 is 8.42 Å². The zero-order chi connectivity index (χ0) is 14.2. The van der Waals surface area contributed by atoms with Crippen LogP contribution in [-0.4, -0.2) is 38.4 Å². The van der Waals surface area contributed by atoms with Crippen molar-refractivity contribution in [1.29, 1.82) is 0 Å². The van der Waals surface area contributed by atoms with Crippen molar-refractivity contribution in [2.45, 2.75) is 17.9 Å². The highest BCUT2D eigenvalue weighted by Crippen LogP contribution is 2.26. The minimum Gasteiger partial charge on any atom is -0.312 e. The molecule has 0 radical (unpaired) electrons. The minimum atomic E-state index is -3.43. The van der Waals surface area contributed by atoms with Gasteiger partial charge in [0, 0.05) is 31.1 Å². The second kappa shape index (κ2) is 6.32. The smallest absolute Gasteiger partial charge is 0.243 e. The molecule has 0 aromatic heterocycles. The molecule has 0 unspecified atom stereocenters. The van der Waals surface area contributed by atoms with Crippen molar-refractivity contribution in [1.82, 2.24) is 9.62 Å². The van der Waals surface area contributed by atoms with E-state index in [0.717, 1.165) is 10.8 Å². The molecule has 6 heteroatoms. The third kappa shape index (κ3) is 3.06. The van der Waals surface area contributed by atoms with E-state index in [1.807, 2.05) is 37.3 Å². The van der Waals surface area contributed by atoms with Crippen molar-refractivity contribution in [2.75, 3.05) is 19.6 Å². The number of nitrogens with one attached hydrogen (secondary N) is 1. The minimum absolute atomic E-state index is 0. The maximum atomic E-state index is 12.8. The van der Waals surface area contributed by atoms with Crippen LogP contribution >= 0.6 is 12.4 Å². The van der Waals surface area contributed by atoms with E-state index in [1.54, 1.807) is 16.4 Å². The Kier molecular flexibility index (Phi) is 4.88. The molecular formula is C15H19ClN2O2S. The lowest BCUT2D eigenvalue weighted by Crippen LogP contribution is -2.51. The summed E-state index contributed by atoms with van der Waals surface area (Å²) in [6.07, 6.45) is 0. The van der Waals surface area contributed by atoms with E-state index in [2.05, 4.69) is 5.32 Å². The number of nitrogens with zero attached hydrogens (tertiary/aromatic N) is 1. The number of halogens is 1. The molecule has 1 heterocycles. The summed E-state index contributed by atoms with van der Waals surface area (Å²) >= 11 is 0. The molecule has 1 aliphatic heterocycles.